The highest BCUT2D eigenvalue weighted by molar-refractivity contribution is 5.91. The molecular weight excluding hydrogens is 354 g/mol. The molecule has 5 nitrogen and oxygen atoms in total. The van der Waals surface area contributed by atoms with E-state index in [-0.39, 0.29) is 18.9 Å². The third kappa shape index (κ3) is 6.06. The summed E-state index contributed by atoms with van der Waals surface area (Å²) in [6.07, 6.45) is 0.559. The van der Waals surface area contributed by atoms with Crippen LogP contribution in [-0.4, -0.2) is 36.9 Å². The number of nitrogens with zero attached hydrogens (tertiary/aromatic N) is 1. The first-order valence-corrected chi connectivity index (χ1v) is 8.53. The van der Waals surface area contributed by atoms with E-state index in [0.717, 1.165) is 23.4 Å². The van der Waals surface area contributed by atoms with Gasteiger partial charge in [-0.15, -0.1) is 0 Å². The molecule has 2 rings (SSSR count). The van der Waals surface area contributed by atoms with Gasteiger partial charge in [-0.05, 0) is 36.2 Å². The normalized spacial score (nSPS) is 10.4. The maximum Gasteiger partial charge on any atom is 0.226 e. The predicted molar refractivity (Wildman–Crippen MR) is 98.6 cm³/mol. The number of carbonyl (C=O) groups excluding carboxylic acids is 2. The Kier molecular flexibility index (Phi) is 7.28. The van der Waals surface area contributed by atoms with Gasteiger partial charge in [-0.3, -0.25) is 9.59 Å². The molecule has 0 atom stereocenters. The van der Waals surface area contributed by atoms with Gasteiger partial charge in [0.05, 0.1) is 7.11 Å². The molecule has 0 aromatic heterocycles. The second-order valence-corrected chi connectivity index (χ2v) is 6.00. The number of rotatable bonds is 8. The first kappa shape index (κ1) is 20.4. The highest BCUT2D eigenvalue weighted by Crippen LogP contribution is 2.18. The van der Waals surface area contributed by atoms with E-state index in [1.165, 1.54) is 17.9 Å². The van der Waals surface area contributed by atoms with E-state index in [4.69, 9.17) is 4.74 Å². The molecule has 1 N–H and O–H groups in total. The summed E-state index contributed by atoms with van der Waals surface area (Å²) in [6, 6.07) is 10.8. The van der Waals surface area contributed by atoms with Gasteiger partial charge in [-0.2, -0.15) is 0 Å². The number of anilines is 1. The number of para-hydroxylation sites is 1. The highest BCUT2D eigenvalue weighted by Gasteiger charge is 2.15. The van der Waals surface area contributed by atoms with Crippen LogP contribution in [0.5, 0.6) is 5.75 Å². The molecular formula is C20H22F2N2O3. The van der Waals surface area contributed by atoms with Crippen LogP contribution in [0.4, 0.5) is 14.5 Å². The average Bonchev–Trinajstić information content (AvgIpc) is 2.65. The summed E-state index contributed by atoms with van der Waals surface area (Å²) in [4.78, 5) is 25.3. The van der Waals surface area contributed by atoms with Crippen molar-refractivity contribution in [3.05, 3.63) is 59.7 Å². The fourth-order valence-electron chi connectivity index (χ4n) is 2.54. The lowest BCUT2D eigenvalue weighted by molar-refractivity contribution is -0.129. The lowest BCUT2D eigenvalue weighted by atomic mass is 10.1. The topological polar surface area (TPSA) is 58.6 Å². The molecule has 0 aliphatic carbocycles. The quantitative estimate of drug-likeness (QED) is 0.768. The number of amides is 2. The van der Waals surface area contributed by atoms with Crippen LogP contribution in [0, 0.1) is 11.6 Å². The van der Waals surface area contributed by atoms with E-state index >= 15 is 0 Å². The van der Waals surface area contributed by atoms with Gasteiger partial charge in [0, 0.05) is 26.4 Å². The molecule has 0 radical (unpaired) electrons. The lowest BCUT2D eigenvalue weighted by Gasteiger charge is -2.21. The Labute approximate surface area is 156 Å². The predicted octanol–water partition coefficient (Wildman–Crippen LogP) is 3.39. The van der Waals surface area contributed by atoms with Crippen molar-refractivity contribution in [2.24, 2.45) is 0 Å². The van der Waals surface area contributed by atoms with Gasteiger partial charge < -0.3 is 15.0 Å². The minimum Gasteiger partial charge on any atom is -0.497 e. The molecule has 2 amide bonds. The zero-order valence-electron chi connectivity index (χ0n) is 15.3. The fourth-order valence-corrected chi connectivity index (χ4v) is 2.54. The third-order valence-corrected chi connectivity index (χ3v) is 4.11. The Morgan fingerprint density at radius 2 is 1.67 bits per heavy atom. The van der Waals surface area contributed by atoms with Crippen molar-refractivity contribution in [2.45, 2.75) is 19.8 Å². The minimum absolute atomic E-state index is 0.0596. The molecule has 7 heteroatoms. The van der Waals surface area contributed by atoms with Gasteiger partial charge >= 0.3 is 0 Å². The van der Waals surface area contributed by atoms with Crippen LogP contribution in [0.15, 0.2) is 42.5 Å². The van der Waals surface area contributed by atoms with Gasteiger partial charge in [0.15, 0.2) is 0 Å². The second-order valence-electron chi connectivity index (χ2n) is 6.00. The van der Waals surface area contributed by atoms with Crippen LogP contribution in [0.3, 0.4) is 0 Å². The van der Waals surface area contributed by atoms with Crippen LogP contribution in [-0.2, 0) is 16.0 Å². The van der Waals surface area contributed by atoms with Crippen molar-refractivity contribution in [1.29, 1.82) is 0 Å². The maximum absolute atomic E-state index is 13.6. The Morgan fingerprint density at radius 1 is 1.04 bits per heavy atom. The molecule has 0 saturated carbocycles. The van der Waals surface area contributed by atoms with E-state index in [0.29, 0.717) is 13.0 Å². The molecule has 0 aliphatic rings. The number of hydrogen-bond acceptors (Lipinski definition) is 3. The second kappa shape index (κ2) is 9.66. The monoisotopic (exact) mass is 376 g/mol. The number of nitrogens with one attached hydrogen (secondary N) is 1. The van der Waals surface area contributed by atoms with Gasteiger partial charge in [-0.1, -0.05) is 18.2 Å². The smallest absolute Gasteiger partial charge is 0.226 e. The van der Waals surface area contributed by atoms with E-state index in [1.54, 1.807) is 7.11 Å². The molecule has 0 aliphatic heterocycles. The zero-order valence-corrected chi connectivity index (χ0v) is 15.3. The summed E-state index contributed by atoms with van der Waals surface area (Å²) < 4.78 is 32.2. The van der Waals surface area contributed by atoms with E-state index < -0.39 is 23.2 Å². The van der Waals surface area contributed by atoms with Crippen molar-refractivity contribution in [3.63, 3.8) is 0 Å². The Balaban J connectivity index is 1.88. The van der Waals surface area contributed by atoms with E-state index in [9.17, 15) is 18.4 Å². The van der Waals surface area contributed by atoms with Crippen molar-refractivity contribution in [1.82, 2.24) is 4.90 Å². The standard InChI is InChI=1S/C20H22F2N2O3/c1-14(25)24(12-10-15-6-8-16(27-2)9-7-15)13-11-19(26)23-20-17(21)4-3-5-18(20)22/h3-9H,10-13H2,1-2H3,(H,23,26). The SMILES string of the molecule is COc1ccc(CCN(CCC(=O)Nc2c(F)cccc2F)C(C)=O)cc1. The molecule has 0 saturated heterocycles. The molecule has 2 aromatic rings. The van der Waals surface area contributed by atoms with Crippen molar-refractivity contribution in [2.75, 3.05) is 25.5 Å². The number of benzene rings is 2. The Hall–Kier alpha value is -2.96. The summed E-state index contributed by atoms with van der Waals surface area (Å²) in [5.41, 5.74) is 0.551. The van der Waals surface area contributed by atoms with Crippen LogP contribution < -0.4 is 10.1 Å². The largest absolute Gasteiger partial charge is 0.497 e. The number of halogens is 2. The Morgan fingerprint density at radius 3 is 2.22 bits per heavy atom. The molecule has 0 bridgehead atoms. The van der Waals surface area contributed by atoms with Crippen LogP contribution >= 0.6 is 0 Å². The Bertz CT molecular complexity index is 774. The number of carbonyl (C=O) groups is 2. The summed E-state index contributed by atoms with van der Waals surface area (Å²) in [7, 11) is 1.59. The number of hydrogen-bond donors (Lipinski definition) is 1. The van der Waals surface area contributed by atoms with Crippen LogP contribution in [0.1, 0.15) is 18.9 Å². The fraction of sp³-hybridized carbons (Fsp3) is 0.300. The molecule has 0 fully saturated rings. The number of ether oxygens (including phenoxy) is 1. The summed E-state index contributed by atoms with van der Waals surface area (Å²) in [5, 5.41) is 2.22. The van der Waals surface area contributed by atoms with Crippen LogP contribution in [0.2, 0.25) is 0 Å². The first-order valence-electron chi connectivity index (χ1n) is 8.53. The van der Waals surface area contributed by atoms with Crippen molar-refractivity contribution >= 4 is 17.5 Å². The first-order chi connectivity index (χ1) is 12.9. The van der Waals surface area contributed by atoms with E-state index in [2.05, 4.69) is 5.32 Å². The zero-order chi connectivity index (χ0) is 19.8. The lowest BCUT2D eigenvalue weighted by Crippen LogP contribution is -2.33. The molecule has 144 valence electrons. The summed E-state index contributed by atoms with van der Waals surface area (Å²) in [5.74, 6) is -1.67. The van der Waals surface area contributed by atoms with Gasteiger partial charge in [-0.25, -0.2) is 8.78 Å². The van der Waals surface area contributed by atoms with Gasteiger partial charge in [0.1, 0.15) is 23.1 Å². The summed E-state index contributed by atoms with van der Waals surface area (Å²) in [6.45, 7) is 2.01. The molecule has 27 heavy (non-hydrogen) atoms. The van der Waals surface area contributed by atoms with Gasteiger partial charge in [0.2, 0.25) is 11.8 Å². The third-order valence-electron chi connectivity index (χ3n) is 4.11. The number of methoxy groups -OCH3 is 1. The van der Waals surface area contributed by atoms with Crippen LogP contribution in [0.25, 0.3) is 0 Å². The van der Waals surface area contributed by atoms with Crippen molar-refractivity contribution in [3.8, 4) is 5.75 Å². The molecule has 0 heterocycles. The van der Waals surface area contributed by atoms with Gasteiger partial charge in [0.25, 0.3) is 0 Å². The molecule has 0 unspecified atom stereocenters. The van der Waals surface area contributed by atoms with E-state index in [1.807, 2.05) is 24.3 Å². The maximum atomic E-state index is 13.6. The minimum atomic E-state index is -0.841. The molecule has 0 spiro atoms. The van der Waals surface area contributed by atoms with Crippen molar-refractivity contribution < 1.29 is 23.1 Å². The summed E-state index contributed by atoms with van der Waals surface area (Å²) >= 11 is 0. The molecule has 2 aromatic carbocycles. The average molecular weight is 376 g/mol. The highest BCUT2D eigenvalue weighted by atomic mass is 19.1.